The van der Waals surface area contributed by atoms with Crippen LogP contribution in [0.2, 0.25) is 0 Å². The van der Waals surface area contributed by atoms with E-state index in [1.165, 1.54) is 6.92 Å². The zero-order valence-electron chi connectivity index (χ0n) is 15.5. The van der Waals surface area contributed by atoms with E-state index in [1.807, 2.05) is 0 Å². The van der Waals surface area contributed by atoms with Gasteiger partial charge in [-0.15, -0.1) is 0 Å². The van der Waals surface area contributed by atoms with E-state index in [4.69, 9.17) is 4.74 Å². The zero-order valence-corrected chi connectivity index (χ0v) is 16.3. The molecule has 0 unspecified atom stereocenters. The molecule has 0 aromatic heterocycles. The van der Waals surface area contributed by atoms with Gasteiger partial charge in [-0.05, 0) is 36.6 Å². The Morgan fingerprint density at radius 1 is 1.15 bits per heavy atom. The Morgan fingerprint density at radius 2 is 1.88 bits per heavy atom. The molecule has 2 aliphatic heterocycles. The lowest BCUT2D eigenvalue weighted by Crippen LogP contribution is -2.48. The standard InChI is InChI=1S/C18H27N3O4S/c1-15(22)21-8-6-16-14-17(4-5-18(16)21)26(23,24)20-11-9-19(10-12-20)7-3-13-25-2/h4-5,14H,3,6-13H2,1-2H3. The number of fused-ring (bicyclic) bond motifs is 1. The second-order valence-electron chi connectivity index (χ2n) is 6.80. The topological polar surface area (TPSA) is 70.2 Å². The van der Waals surface area contributed by atoms with Crippen molar-refractivity contribution in [3.05, 3.63) is 23.8 Å². The number of hydrogen-bond donors (Lipinski definition) is 0. The molecule has 0 spiro atoms. The van der Waals surface area contributed by atoms with E-state index in [0.717, 1.165) is 43.9 Å². The van der Waals surface area contributed by atoms with Crippen molar-refractivity contribution in [2.24, 2.45) is 0 Å². The van der Waals surface area contributed by atoms with Gasteiger partial charge in [-0.1, -0.05) is 0 Å². The lowest BCUT2D eigenvalue weighted by Gasteiger charge is -2.34. The second kappa shape index (κ2) is 8.04. The van der Waals surface area contributed by atoms with Gasteiger partial charge in [0, 0.05) is 65.6 Å². The van der Waals surface area contributed by atoms with E-state index < -0.39 is 10.0 Å². The first-order chi connectivity index (χ1) is 12.4. The number of piperazine rings is 1. The van der Waals surface area contributed by atoms with Crippen molar-refractivity contribution in [3.8, 4) is 0 Å². The van der Waals surface area contributed by atoms with Crippen molar-refractivity contribution in [2.75, 3.05) is 57.9 Å². The number of rotatable bonds is 6. The maximum Gasteiger partial charge on any atom is 0.243 e. The number of ether oxygens (including phenoxy) is 1. The zero-order chi connectivity index (χ0) is 18.7. The van der Waals surface area contributed by atoms with Crippen molar-refractivity contribution in [2.45, 2.75) is 24.7 Å². The van der Waals surface area contributed by atoms with Crippen LogP contribution in [0.5, 0.6) is 0 Å². The molecule has 2 aliphatic rings. The molecule has 8 heteroatoms. The SMILES string of the molecule is COCCCN1CCN(S(=O)(=O)c2ccc3c(c2)CCN3C(C)=O)CC1. The molecular formula is C18H27N3O4S. The number of carbonyl (C=O) groups is 1. The highest BCUT2D eigenvalue weighted by atomic mass is 32.2. The summed E-state index contributed by atoms with van der Waals surface area (Å²) in [5, 5.41) is 0. The van der Waals surface area contributed by atoms with Crippen molar-refractivity contribution in [3.63, 3.8) is 0 Å². The summed E-state index contributed by atoms with van der Waals surface area (Å²) in [6, 6.07) is 5.12. The highest BCUT2D eigenvalue weighted by Gasteiger charge is 2.30. The Morgan fingerprint density at radius 3 is 2.54 bits per heavy atom. The minimum absolute atomic E-state index is 0.0102. The van der Waals surface area contributed by atoms with Crippen molar-refractivity contribution in [1.29, 1.82) is 0 Å². The van der Waals surface area contributed by atoms with Gasteiger partial charge in [0.2, 0.25) is 15.9 Å². The van der Waals surface area contributed by atoms with Crippen molar-refractivity contribution >= 4 is 21.6 Å². The number of nitrogens with zero attached hydrogens (tertiary/aromatic N) is 3. The van der Waals surface area contributed by atoms with Gasteiger partial charge in [-0.25, -0.2) is 8.42 Å². The maximum absolute atomic E-state index is 13.0. The van der Waals surface area contributed by atoms with Crippen LogP contribution in [0.25, 0.3) is 0 Å². The van der Waals surface area contributed by atoms with Crippen molar-refractivity contribution in [1.82, 2.24) is 9.21 Å². The van der Waals surface area contributed by atoms with Crippen LogP contribution in [0.4, 0.5) is 5.69 Å². The molecule has 1 saturated heterocycles. The Hall–Kier alpha value is -1.48. The first-order valence-corrected chi connectivity index (χ1v) is 10.5. The minimum atomic E-state index is -3.49. The summed E-state index contributed by atoms with van der Waals surface area (Å²) in [6.45, 7) is 6.31. The van der Waals surface area contributed by atoms with E-state index in [1.54, 1.807) is 34.5 Å². The van der Waals surface area contributed by atoms with E-state index in [2.05, 4.69) is 4.90 Å². The average molecular weight is 381 g/mol. The van der Waals surface area contributed by atoms with Gasteiger partial charge in [0.05, 0.1) is 4.90 Å². The van der Waals surface area contributed by atoms with Crippen LogP contribution in [-0.4, -0.2) is 76.5 Å². The molecule has 0 radical (unpaired) electrons. The number of sulfonamides is 1. The van der Waals surface area contributed by atoms with E-state index in [0.29, 0.717) is 31.0 Å². The number of benzene rings is 1. The molecule has 3 rings (SSSR count). The van der Waals surface area contributed by atoms with Crippen LogP contribution < -0.4 is 4.90 Å². The molecular weight excluding hydrogens is 354 g/mol. The normalized spacial score (nSPS) is 18.9. The quantitative estimate of drug-likeness (QED) is 0.686. The molecule has 144 valence electrons. The van der Waals surface area contributed by atoms with Crippen LogP contribution in [0.15, 0.2) is 23.1 Å². The fraction of sp³-hybridized carbons (Fsp3) is 0.611. The summed E-state index contributed by atoms with van der Waals surface area (Å²) < 4.78 is 32.6. The molecule has 1 aromatic rings. The predicted molar refractivity (Wildman–Crippen MR) is 99.9 cm³/mol. The summed E-state index contributed by atoms with van der Waals surface area (Å²) in [5.41, 5.74) is 1.76. The van der Waals surface area contributed by atoms with Crippen LogP contribution in [0, 0.1) is 0 Å². The molecule has 1 aromatic carbocycles. The third kappa shape index (κ3) is 3.93. The third-order valence-corrected chi connectivity index (χ3v) is 7.01. The van der Waals surface area contributed by atoms with Crippen LogP contribution in [0.3, 0.4) is 0 Å². The first kappa shape index (κ1) is 19.3. The highest BCUT2D eigenvalue weighted by molar-refractivity contribution is 7.89. The van der Waals surface area contributed by atoms with Crippen LogP contribution in [-0.2, 0) is 26.0 Å². The highest BCUT2D eigenvalue weighted by Crippen LogP contribution is 2.31. The fourth-order valence-electron chi connectivity index (χ4n) is 3.64. The third-order valence-electron chi connectivity index (χ3n) is 5.12. The molecule has 0 N–H and O–H groups in total. The van der Waals surface area contributed by atoms with Crippen LogP contribution >= 0.6 is 0 Å². The van der Waals surface area contributed by atoms with Gasteiger partial charge in [0.1, 0.15) is 0 Å². The molecule has 0 saturated carbocycles. The predicted octanol–water partition coefficient (Wildman–Crippen LogP) is 0.938. The molecule has 1 fully saturated rings. The molecule has 1 amide bonds. The Kier molecular flexibility index (Phi) is 5.96. The summed E-state index contributed by atoms with van der Waals surface area (Å²) in [7, 11) is -1.80. The summed E-state index contributed by atoms with van der Waals surface area (Å²) in [4.78, 5) is 16.0. The molecule has 0 bridgehead atoms. The van der Waals surface area contributed by atoms with Gasteiger partial charge >= 0.3 is 0 Å². The monoisotopic (exact) mass is 381 g/mol. The first-order valence-electron chi connectivity index (χ1n) is 9.06. The van der Waals surface area contributed by atoms with Crippen molar-refractivity contribution < 1.29 is 17.9 Å². The molecule has 7 nitrogen and oxygen atoms in total. The van der Waals surface area contributed by atoms with Gasteiger partial charge < -0.3 is 14.5 Å². The smallest absolute Gasteiger partial charge is 0.243 e. The number of carbonyl (C=O) groups excluding carboxylic acids is 1. The Bertz CT molecular complexity index is 758. The summed E-state index contributed by atoms with van der Waals surface area (Å²) >= 11 is 0. The molecule has 26 heavy (non-hydrogen) atoms. The summed E-state index contributed by atoms with van der Waals surface area (Å²) in [5.74, 6) is -0.0102. The number of amides is 1. The van der Waals surface area contributed by atoms with Gasteiger partial charge in [0.25, 0.3) is 0 Å². The van der Waals surface area contributed by atoms with Gasteiger partial charge in [-0.3, -0.25) is 4.79 Å². The van der Waals surface area contributed by atoms with Gasteiger partial charge in [0.15, 0.2) is 0 Å². The lowest BCUT2D eigenvalue weighted by atomic mass is 10.2. The Balaban J connectivity index is 1.67. The maximum atomic E-state index is 13.0. The largest absolute Gasteiger partial charge is 0.385 e. The van der Waals surface area contributed by atoms with Gasteiger partial charge in [-0.2, -0.15) is 4.31 Å². The number of methoxy groups -OCH3 is 1. The number of hydrogen-bond acceptors (Lipinski definition) is 5. The van der Waals surface area contributed by atoms with E-state index >= 15 is 0 Å². The molecule has 0 aliphatic carbocycles. The molecule has 2 heterocycles. The minimum Gasteiger partial charge on any atom is -0.385 e. The Labute approximate surface area is 155 Å². The summed E-state index contributed by atoms with van der Waals surface area (Å²) in [6.07, 6.45) is 1.66. The second-order valence-corrected chi connectivity index (χ2v) is 8.74. The molecule has 0 atom stereocenters. The average Bonchev–Trinajstić information content (AvgIpc) is 3.06. The van der Waals surface area contributed by atoms with Crippen LogP contribution in [0.1, 0.15) is 18.9 Å². The lowest BCUT2D eigenvalue weighted by molar-refractivity contribution is -0.116. The van der Waals surface area contributed by atoms with E-state index in [9.17, 15) is 13.2 Å². The van der Waals surface area contributed by atoms with E-state index in [-0.39, 0.29) is 5.91 Å². The number of anilines is 1. The fourth-order valence-corrected chi connectivity index (χ4v) is 5.11.